The van der Waals surface area contributed by atoms with Gasteiger partial charge in [-0.3, -0.25) is 0 Å². The highest BCUT2D eigenvalue weighted by molar-refractivity contribution is 5.13. The first-order valence-corrected chi connectivity index (χ1v) is 3.42. The van der Waals surface area contributed by atoms with Crippen LogP contribution in [0.5, 0.6) is 0 Å². The van der Waals surface area contributed by atoms with E-state index in [-0.39, 0.29) is 0 Å². The summed E-state index contributed by atoms with van der Waals surface area (Å²) < 4.78 is 0. The summed E-state index contributed by atoms with van der Waals surface area (Å²) in [4.78, 5) is 0. The molecule has 0 aromatic carbocycles. The number of hydrogen-bond acceptors (Lipinski definition) is 1. The van der Waals surface area contributed by atoms with Gasteiger partial charge in [-0.15, -0.1) is 0 Å². The van der Waals surface area contributed by atoms with Crippen LogP contribution in [0.25, 0.3) is 0 Å². The van der Waals surface area contributed by atoms with Crippen molar-refractivity contribution in [1.29, 1.82) is 0 Å². The molecule has 2 N–H and O–H groups in total. The van der Waals surface area contributed by atoms with Gasteiger partial charge < -0.3 is 5.73 Å². The maximum absolute atomic E-state index is 5.61. The minimum Gasteiger partial charge on any atom is -0.402 e. The molecule has 1 unspecified atom stereocenters. The van der Waals surface area contributed by atoms with E-state index in [0.717, 1.165) is 12.1 Å². The van der Waals surface area contributed by atoms with Gasteiger partial charge in [-0.25, -0.2) is 0 Å². The van der Waals surface area contributed by atoms with Crippen LogP contribution in [0.4, 0.5) is 0 Å². The minimum atomic E-state index is 0.697. The number of nitrogens with two attached hydrogens (primary N) is 1. The third-order valence-electron chi connectivity index (χ3n) is 1.64. The average molecular weight is 123 g/mol. The lowest BCUT2D eigenvalue weighted by molar-refractivity contribution is 0.648. The molecule has 9 heavy (non-hydrogen) atoms. The van der Waals surface area contributed by atoms with Gasteiger partial charge in [0.1, 0.15) is 0 Å². The van der Waals surface area contributed by atoms with Crippen LogP contribution in [0.1, 0.15) is 19.8 Å². The Labute approximate surface area is 56.2 Å². The van der Waals surface area contributed by atoms with Crippen LogP contribution in [0.2, 0.25) is 0 Å². The highest BCUT2D eigenvalue weighted by Crippen LogP contribution is 2.13. The maximum atomic E-state index is 5.61. The molecule has 0 aromatic rings. The SMILES string of the molecule is CC1C=CC=C(N)CC1. The van der Waals surface area contributed by atoms with Crippen LogP contribution in [0.3, 0.4) is 0 Å². The van der Waals surface area contributed by atoms with Crippen LogP contribution in [0.15, 0.2) is 23.9 Å². The van der Waals surface area contributed by atoms with Crippen LogP contribution < -0.4 is 5.73 Å². The fraction of sp³-hybridized carbons (Fsp3) is 0.500. The zero-order valence-electron chi connectivity index (χ0n) is 5.80. The van der Waals surface area contributed by atoms with E-state index in [1.54, 1.807) is 0 Å². The third-order valence-corrected chi connectivity index (χ3v) is 1.64. The summed E-state index contributed by atoms with van der Waals surface area (Å²) in [7, 11) is 0. The summed E-state index contributed by atoms with van der Waals surface area (Å²) in [6, 6.07) is 0. The molecule has 0 heterocycles. The average Bonchev–Trinajstić information content (AvgIpc) is 1.97. The van der Waals surface area contributed by atoms with Crippen molar-refractivity contribution < 1.29 is 0 Å². The largest absolute Gasteiger partial charge is 0.402 e. The summed E-state index contributed by atoms with van der Waals surface area (Å²) in [5.41, 5.74) is 6.62. The molecule has 0 radical (unpaired) electrons. The Kier molecular flexibility index (Phi) is 1.93. The molecule has 0 amide bonds. The second-order valence-corrected chi connectivity index (χ2v) is 2.64. The van der Waals surface area contributed by atoms with Gasteiger partial charge in [0.2, 0.25) is 0 Å². The molecular formula is C8H13N. The molecule has 0 aromatic heterocycles. The molecule has 1 rings (SSSR count). The molecule has 0 fully saturated rings. The smallest absolute Gasteiger partial charge is 0.00805 e. The molecule has 1 aliphatic carbocycles. The quantitative estimate of drug-likeness (QED) is 0.522. The molecule has 50 valence electrons. The Morgan fingerprint density at radius 3 is 3.22 bits per heavy atom. The fourth-order valence-corrected chi connectivity index (χ4v) is 0.943. The first-order valence-electron chi connectivity index (χ1n) is 3.42. The zero-order valence-corrected chi connectivity index (χ0v) is 5.80. The van der Waals surface area contributed by atoms with E-state index in [4.69, 9.17) is 5.73 Å². The summed E-state index contributed by atoms with van der Waals surface area (Å²) >= 11 is 0. The van der Waals surface area contributed by atoms with E-state index < -0.39 is 0 Å². The molecule has 0 aliphatic heterocycles. The Bertz CT molecular complexity index is 145. The van der Waals surface area contributed by atoms with Crippen molar-refractivity contribution in [3.8, 4) is 0 Å². The van der Waals surface area contributed by atoms with Crippen molar-refractivity contribution in [1.82, 2.24) is 0 Å². The minimum absolute atomic E-state index is 0.697. The lowest BCUT2D eigenvalue weighted by Crippen LogP contribution is -1.96. The highest BCUT2D eigenvalue weighted by atomic mass is 14.6. The summed E-state index contributed by atoms with van der Waals surface area (Å²) in [6.07, 6.45) is 8.48. The number of allylic oxidation sites excluding steroid dienone is 4. The van der Waals surface area contributed by atoms with Crippen molar-refractivity contribution in [3.05, 3.63) is 23.9 Å². The second-order valence-electron chi connectivity index (χ2n) is 2.64. The Hall–Kier alpha value is -0.720. The highest BCUT2D eigenvalue weighted by Gasteiger charge is 2.00. The Morgan fingerprint density at radius 2 is 2.44 bits per heavy atom. The molecule has 1 heteroatoms. The summed E-state index contributed by atoms with van der Waals surface area (Å²) in [6.45, 7) is 2.21. The summed E-state index contributed by atoms with van der Waals surface area (Å²) in [5, 5.41) is 0. The van der Waals surface area contributed by atoms with Crippen LogP contribution >= 0.6 is 0 Å². The topological polar surface area (TPSA) is 26.0 Å². The van der Waals surface area contributed by atoms with Crippen molar-refractivity contribution >= 4 is 0 Å². The van der Waals surface area contributed by atoms with E-state index in [1.807, 2.05) is 12.2 Å². The molecule has 1 aliphatic rings. The third kappa shape index (κ3) is 1.92. The van der Waals surface area contributed by atoms with Crippen molar-refractivity contribution in [2.75, 3.05) is 0 Å². The van der Waals surface area contributed by atoms with Gasteiger partial charge in [0.25, 0.3) is 0 Å². The summed E-state index contributed by atoms with van der Waals surface area (Å²) in [5.74, 6) is 0.697. The van der Waals surface area contributed by atoms with Crippen LogP contribution in [0, 0.1) is 5.92 Å². The monoisotopic (exact) mass is 123 g/mol. The first-order chi connectivity index (χ1) is 4.29. The van der Waals surface area contributed by atoms with E-state index in [9.17, 15) is 0 Å². The van der Waals surface area contributed by atoms with Gasteiger partial charge >= 0.3 is 0 Å². The van der Waals surface area contributed by atoms with Crippen LogP contribution in [-0.2, 0) is 0 Å². The second kappa shape index (κ2) is 2.72. The predicted octanol–water partition coefficient (Wildman–Crippen LogP) is 1.82. The molecule has 0 saturated heterocycles. The van der Waals surface area contributed by atoms with Gasteiger partial charge in [0, 0.05) is 5.70 Å². The normalized spacial score (nSPS) is 27.2. The molecule has 1 atom stereocenters. The molecular weight excluding hydrogens is 110 g/mol. The first kappa shape index (κ1) is 6.40. The Balaban J connectivity index is 2.55. The number of rotatable bonds is 0. The lowest BCUT2D eigenvalue weighted by atomic mass is 10.1. The Morgan fingerprint density at radius 1 is 1.67 bits per heavy atom. The molecule has 0 spiro atoms. The molecule has 0 saturated carbocycles. The van der Waals surface area contributed by atoms with E-state index in [2.05, 4.69) is 13.0 Å². The van der Waals surface area contributed by atoms with E-state index in [1.165, 1.54) is 6.42 Å². The maximum Gasteiger partial charge on any atom is 0.00805 e. The predicted molar refractivity (Wildman–Crippen MR) is 39.8 cm³/mol. The van der Waals surface area contributed by atoms with Gasteiger partial charge in [-0.2, -0.15) is 0 Å². The molecule has 1 nitrogen and oxygen atoms in total. The van der Waals surface area contributed by atoms with Crippen molar-refractivity contribution in [2.45, 2.75) is 19.8 Å². The lowest BCUT2D eigenvalue weighted by Gasteiger charge is -2.01. The fourth-order valence-electron chi connectivity index (χ4n) is 0.943. The van der Waals surface area contributed by atoms with Crippen molar-refractivity contribution in [3.63, 3.8) is 0 Å². The van der Waals surface area contributed by atoms with Gasteiger partial charge in [0.05, 0.1) is 0 Å². The van der Waals surface area contributed by atoms with Crippen LogP contribution in [-0.4, -0.2) is 0 Å². The van der Waals surface area contributed by atoms with Gasteiger partial charge in [0.15, 0.2) is 0 Å². The van der Waals surface area contributed by atoms with E-state index in [0.29, 0.717) is 5.92 Å². The van der Waals surface area contributed by atoms with Crippen molar-refractivity contribution in [2.24, 2.45) is 11.7 Å². The standard InChI is InChI=1S/C8H13N/c1-7-3-2-4-8(9)6-5-7/h2-4,7H,5-6,9H2,1H3. The van der Waals surface area contributed by atoms with Gasteiger partial charge in [-0.1, -0.05) is 19.1 Å². The molecule has 0 bridgehead atoms. The van der Waals surface area contributed by atoms with Gasteiger partial charge in [-0.05, 0) is 24.8 Å². The zero-order chi connectivity index (χ0) is 6.69. The number of hydrogen-bond donors (Lipinski definition) is 1. The van der Waals surface area contributed by atoms with E-state index >= 15 is 0 Å².